The fraction of sp³-hybridized carbons (Fsp3) is 0.519. The minimum Gasteiger partial charge on any atom is -0.381 e. The van der Waals surface area contributed by atoms with Crippen LogP contribution in [0.25, 0.3) is 10.9 Å². The van der Waals surface area contributed by atoms with Gasteiger partial charge in [0, 0.05) is 71.7 Å². The number of nitrogens with zero attached hydrogens (tertiary/aromatic N) is 2. The number of aromatic nitrogens is 2. The van der Waals surface area contributed by atoms with Crippen molar-refractivity contribution < 1.29 is 14.3 Å². The van der Waals surface area contributed by atoms with E-state index in [4.69, 9.17) is 21.3 Å². The van der Waals surface area contributed by atoms with Gasteiger partial charge >= 0.3 is 0 Å². The highest BCUT2D eigenvalue weighted by Crippen LogP contribution is 2.29. The number of thiazole rings is 1. The molecule has 38 heavy (non-hydrogen) atoms. The number of hydrogen-bond acceptors (Lipinski definition) is 6. The molecule has 2 aliphatic heterocycles. The van der Waals surface area contributed by atoms with E-state index in [2.05, 4.69) is 20.5 Å². The van der Waals surface area contributed by atoms with Gasteiger partial charge in [-0.05, 0) is 49.9 Å². The Labute approximate surface area is 237 Å². The summed E-state index contributed by atoms with van der Waals surface area (Å²) in [7, 11) is 0. The second-order valence-corrected chi connectivity index (χ2v) is 11.8. The average molecular weight is 579 g/mol. The lowest BCUT2D eigenvalue weighted by Gasteiger charge is -2.36. The molecular weight excluding hydrogens is 545 g/mol. The quantitative estimate of drug-likeness (QED) is 0.408. The molecule has 1 aromatic carbocycles. The molecule has 6 rings (SSSR count). The maximum absolute atomic E-state index is 13.2. The SMILES string of the molecule is Cl.O=C(NC1CCCCC1NC(=O)c1nc2c(s1)CN(C1CCOCC1)CC2)c1cc2cc(Cl)ccc2[nH]1. The van der Waals surface area contributed by atoms with Crippen LogP contribution in [0.4, 0.5) is 0 Å². The fourth-order valence-electron chi connectivity index (χ4n) is 5.85. The average Bonchev–Trinajstić information content (AvgIpc) is 3.54. The number of H-pyrrole nitrogens is 1. The summed E-state index contributed by atoms with van der Waals surface area (Å²) >= 11 is 7.61. The van der Waals surface area contributed by atoms with Crippen LogP contribution < -0.4 is 10.6 Å². The van der Waals surface area contributed by atoms with Crippen LogP contribution in [0.5, 0.6) is 0 Å². The number of benzene rings is 1. The Bertz CT molecular complexity index is 1310. The van der Waals surface area contributed by atoms with Gasteiger partial charge in [0.05, 0.1) is 5.69 Å². The number of carbonyl (C=O) groups is 2. The topological polar surface area (TPSA) is 99.3 Å². The van der Waals surface area contributed by atoms with E-state index in [1.807, 2.05) is 18.2 Å². The molecule has 204 valence electrons. The molecule has 11 heteroatoms. The van der Waals surface area contributed by atoms with E-state index in [1.54, 1.807) is 6.07 Å². The molecule has 0 radical (unpaired) electrons. The molecule has 3 N–H and O–H groups in total. The van der Waals surface area contributed by atoms with Gasteiger partial charge in [0.25, 0.3) is 11.8 Å². The lowest BCUT2D eigenvalue weighted by molar-refractivity contribution is 0.0293. The van der Waals surface area contributed by atoms with Crippen molar-refractivity contribution in [3.8, 4) is 0 Å². The Kier molecular flexibility index (Phi) is 8.59. The number of hydrogen-bond donors (Lipinski definition) is 3. The van der Waals surface area contributed by atoms with E-state index >= 15 is 0 Å². The van der Waals surface area contributed by atoms with Crippen LogP contribution in [0.1, 0.15) is 69.4 Å². The van der Waals surface area contributed by atoms with Crippen molar-refractivity contribution in [1.29, 1.82) is 0 Å². The van der Waals surface area contributed by atoms with Crippen molar-refractivity contribution in [2.75, 3.05) is 19.8 Å². The summed E-state index contributed by atoms with van der Waals surface area (Å²) in [4.78, 5) is 37.9. The Morgan fingerprint density at radius 3 is 2.55 bits per heavy atom. The first kappa shape index (κ1) is 27.4. The molecule has 0 bridgehead atoms. The molecule has 3 aliphatic rings. The third-order valence-corrected chi connectivity index (χ3v) is 9.20. The van der Waals surface area contributed by atoms with Gasteiger partial charge < -0.3 is 20.4 Å². The van der Waals surface area contributed by atoms with E-state index in [0.29, 0.717) is 21.8 Å². The lowest BCUT2D eigenvalue weighted by atomic mass is 9.90. The van der Waals surface area contributed by atoms with E-state index < -0.39 is 0 Å². The third kappa shape index (κ3) is 5.87. The molecule has 0 spiro atoms. The molecule has 1 saturated heterocycles. The molecule has 2 unspecified atom stereocenters. The standard InChI is InChI=1S/C27H32ClN5O3S.ClH/c28-17-5-6-19-16(13-17)14-23(29-19)25(34)30-20-3-1-2-4-21(20)31-26(35)27-32-22-7-10-33(15-24(22)37-27)18-8-11-36-12-9-18;/h5-6,13-14,18,20-21,29H,1-4,7-12,15H2,(H,30,34)(H,31,35);1H. The first-order valence-electron chi connectivity index (χ1n) is 13.2. The van der Waals surface area contributed by atoms with Crippen molar-refractivity contribution in [2.45, 2.75) is 69.6 Å². The fourth-order valence-corrected chi connectivity index (χ4v) is 7.07. The second kappa shape index (κ2) is 11.9. The van der Waals surface area contributed by atoms with Gasteiger partial charge in [-0.3, -0.25) is 14.5 Å². The third-order valence-electron chi connectivity index (χ3n) is 7.89. The summed E-state index contributed by atoms with van der Waals surface area (Å²) in [5.74, 6) is -0.306. The van der Waals surface area contributed by atoms with E-state index in [0.717, 1.165) is 87.8 Å². The number of amides is 2. The molecule has 1 aliphatic carbocycles. The maximum Gasteiger partial charge on any atom is 0.280 e. The lowest BCUT2D eigenvalue weighted by Crippen LogP contribution is -2.53. The largest absolute Gasteiger partial charge is 0.381 e. The van der Waals surface area contributed by atoms with Crippen molar-refractivity contribution in [1.82, 2.24) is 25.5 Å². The minimum absolute atomic E-state index is 0. The Balaban J connectivity index is 0.00000294. The monoisotopic (exact) mass is 577 g/mol. The van der Waals surface area contributed by atoms with E-state index in [-0.39, 0.29) is 36.3 Å². The summed E-state index contributed by atoms with van der Waals surface area (Å²) in [5, 5.41) is 8.41. The number of carbonyl (C=O) groups excluding carboxylic acids is 2. The van der Waals surface area contributed by atoms with Gasteiger partial charge in [-0.25, -0.2) is 4.98 Å². The number of halogens is 2. The molecule has 2 atom stereocenters. The summed E-state index contributed by atoms with van der Waals surface area (Å²) in [6.45, 7) is 3.51. The molecular formula is C27H33Cl2N5O3S. The van der Waals surface area contributed by atoms with Crippen molar-refractivity contribution in [3.63, 3.8) is 0 Å². The van der Waals surface area contributed by atoms with Crippen LogP contribution in [0.2, 0.25) is 5.02 Å². The van der Waals surface area contributed by atoms with Gasteiger partial charge in [-0.2, -0.15) is 0 Å². The van der Waals surface area contributed by atoms with Gasteiger partial charge in [0.2, 0.25) is 0 Å². The Morgan fingerprint density at radius 1 is 1.05 bits per heavy atom. The highest BCUT2D eigenvalue weighted by molar-refractivity contribution is 7.13. The molecule has 4 heterocycles. The van der Waals surface area contributed by atoms with Gasteiger partial charge in [0.15, 0.2) is 5.01 Å². The first-order chi connectivity index (χ1) is 18.0. The van der Waals surface area contributed by atoms with Crippen LogP contribution in [-0.4, -0.2) is 64.6 Å². The summed E-state index contributed by atoms with van der Waals surface area (Å²) in [5.41, 5.74) is 2.42. The number of ether oxygens (including phenoxy) is 1. The number of nitrogens with one attached hydrogen (secondary N) is 3. The first-order valence-corrected chi connectivity index (χ1v) is 14.4. The molecule has 2 amide bonds. The predicted octanol–water partition coefficient (Wildman–Crippen LogP) is 4.71. The molecule has 8 nitrogen and oxygen atoms in total. The normalized spacial score (nSPS) is 22.4. The van der Waals surface area contributed by atoms with Crippen LogP contribution in [0.15, 0.2) is 24.3 Å². The van der Waals surface area contributed by atoms with Gasteiger partial charge in [0.1, 0.15) is 5.69 Å². The summed E-state index contributed by atoms with van der Waals surface area (Å²) in [6.07, 6.45) is 6.74. The molecule has 2 fully saturated rings. The number of fused-ring (bicyclic) bond motifs is 2. The minimum atomic E-state index is -0.170. The zero-order chi connectivity index (χ0) is 25.4. The second-order valence-electron chi connectivity index (χ2n) is 10.3. The summed E-state index contributed by atoms with van der Waals surface area (Å²) in [6, 6.07) is 7.63. The van der Waals surface area contributed by atoms with Gasteiger partial charge in [-0.15, -0.1) is 23.7 Å². The predicted molar refractivity (Wildman–Crippen MR) is 152 cm³/mol. The smallest absolute Gasteiger partial charge is 0.280 e. The summed E-state index contributed by atoms with van der Waals surface area (Å²) < 4.78 is 5.52. The van der Waals surface area contributed by atoms with E-state index in [1.165, 1.54) is 16.2 Å². The van der Waals surface area contributed by atoms with Crippen LogP contribution in [0.3, 0.4) is 0 Å². The zero-order valence-electron chi connectivity index (χ0n) is 21.1. The van der Waals surface area contributed by atoms with Crippen LogP contribution in [0, 0.1) is 0 Å². The van der Waals surface area contributed by atoms with Crippen LogP contribution >= 0.6 is 35.3 Å². The highest BCUT2D eigenvalue weighted by atomic mass is 35.5. The van der Waals surface area contributed by atoms with Crippen molar-refractivity contribution in [2.24, 2.45) is 0 Å². The molecule has 2 aromatic heterocycles. The van der Waals surface area contributed by atoms with Crippen molar-refractivity contribution >= 4 is 58.1 Å². The van der Waals surface area contributed by atoms with E-state index in [9.17, 15) is 9.59 Å². The number of rotatable bonds is 5. The Morgan fingerprint density at radius 2 is 1.79 bits per heavy atom. The Hall–Kier alpha value is -2.17. The number of aromatic amines is 1. The maximum atomic E-state index is 13.2. The highest BCUT2D eigenvalue weighted by Gasteiger charge is 2.32. The molecule has 1 saturated carbocycles. The van der Waals surface area contributed by atoms with Crippen molar-refractivity contribution in [3.05, 3.63) is 50.6 Å². The zero-order valence-corrected chi connectivity index (χ0v) is 23.5. The van der Waals surface area contributed by atoms with Crippen LogP contribution in [-0.2, 0) is 17.7 Å². The van der Waals surface area contributed by atoms with Gasteiger partial charge in [-0.1, -0.05) is 24.4 Å². The molecule has 3 aromatic rings.